The lowest BCUT2D eigenvalue weighted by atomic mass is 10.2. The number of anilines is 1. The molecule has 94 valence electrons. The Labute approximate surface area is 104 Å². The zero-order chi connectivity index (χ0) is 13.0. The van der Waals surface area contributed by atoms with E-state index in [1.807, 2.05) is 6.07 Å². The largest absolute Gasteiger partial charge is 0.478 e. The quantitative estimate of drug-likeness (QED) is 0.836. The van der Waals surface area contributed by atoms with Gasteiger partial charge >= 0.3 is 5.97 Å². The number of aromatic carboxylic acids is 1. The first-order valence-electron chi connectivity index (χ1n) is 5.51. The van der Waals surface area contributed by atoms with Crippen LogP contribution in [0.25, 0.3) is 0 Å². The Morgan fingerprint density at radius 2 is 2.33 bits per heavy atom. The molecule has 0 bridgehead atoms. The van der Waals surface area contributed by atoms with Gasteiger partial charge < -0.3 is 14.9 Å². The predicted octanol–water partition coefficient (Wildman–Crippen LogP) is 1.73. The van der Waals surface area contributed by atoms with Gasteiger partial charge in [0.25, 0.3) is 0 Å². The minimum Gasteiger partial charge on any atom is -0.478 e. The average Bonchev–Trinajstić information content (AvgIpc) is 2.75. The third-order valence-electron chi connectivity index (χ3n) is 2.35. The zero-order valence-electron chi connectivity index (χ0n) is 9.88. The molecule has 18 heavy (non-hydrogen) atoms. The van der Waals surface area contributed by atoms with Crippen LogP contribution in [0.1, 0.15) is 22.1 Å². The second-order valence-corrected chi connectivity index (χ2v) is 3.80. The molecule has 1 aromatic heterocycles. The molecular formula is C12H13N3O3. The van der Waals surface area contributed by atoms with Crippen LogP contribution >= 0.6 is 0 Å². The fourth-order valence-electron chi connectivity index (χ4n) is 1.52. The first kappa shape index (κ1) is 12.1. The molecule has 0 aliphatic carbocycles. The van der Waals surface area contributed by atoms with Gasteiger partial charge in [-0.3, -0.25) is 0 Å². The zero-order valence-corrected chi connectivity index (χ0v) is 9.88. The molecule has 0 fully saturated rings. The van der Waals surface area contributed by atoms with E-state index in [1.54, 1.807) is 25.1 Å². The number of carbonyl (C=O) groups is 1. The van der Waals surface area contributed by atoms with Crippen molar-refractivity contribution in [3.05, 3.63) is 41.5 Å². The molecule has 0 spiro atoms. The van der Waals surface area contributed by atoms with E-state index < -0.39 is 5.97 Å². The first-order valence-corrected chi connectivity index (χ1v) is 5.51. The van der Waals surface area contributed by atoms with Gasteiger partial charge in [-0.2, -0.15) is 4.98 Å². The second kappa shape index (κ2) is 5.31. The van der Waals surface area contributed by atoms with E-state index in [9.17, 15) is 4.79 Å². The summed E-state index contributed by atoms with van der Waals surface area (Å²) in [5, 5.41) is 15.6. The molecule has 0 aliphatic rings. The van der Waals surface area contributed by atoms with E-state index in [0.717, 1.165) is 5.69 Å². The third kappa shape index (κ3) is 3.07. The number of nitrogens with zero attached hydrogens (tertiary/aromatic N) is 2. The summed E-state index contributed by atoms with van der Waals surface area (Å²) in [5.41, 5.74) is 1.01. The molecule has 1 aromatic carbocycles. The van der Waals surface area contributed by atoms with E-state index in [2.05, 4.69) is 15.5 Å². The number of carboxylic acid groups (broad SMARTS) is 1. The molecule has 2 aromatic rings. The summed E-state index contributed by atoms with van der Waals surface area (Å²) in [6.07, 6.45) is 0.595. The van der Waals surface area contributed by atoms with Crippen molar-refractivity contribution < 1.29 is 14.4 Å². The Bertz CT molecular complexity index is 551. The molecule has 0 saturated carbocycles. The minimum atomic E-state index is -0.939. The topological polar surface area (TPSA) is 88.2 Å². The van der Waals surface area contributed by atoms with Gasteiger partial charge in [-0.25, -0.2) is 4.79 Å². The summed E-state index contributed by atoms with van der Waals surface area (Å²) in [7, 11) is 0. The fraction of sp³-hybridized carbons (Fsp3) is 0.250. The van der Waals surface area contributed by atoms with Gasteiger partial charge in [0.15, 0.2) is 5.82 Å². The Kier molecular flexibility index (Phi) is 3.57. The number of aryl methyl sites for hydroxylation is 1. The highest BCUT2D eigenvalue weighted by molar-refractivity contribution is 5.88. The molecule has 6 heteroatoms. The van der Waals surface area contributed by atoms with Crippen molar-refractivity contribution in [2.45, 2.75) is 13.3 Å². The summed E-state index contributed by atoms with van der Waals surface area (Å²) < 4.78 is 4.97. The first-order chi connectivity index (χ1) is 8.65. The summed E-state index contributed by atoms with van der Waals surface area (Å²) in [6, 6.07) is 6.64. The average molecular weight is 247 g/mol. The van der Waals surface area contributed by atoms with Gasteiger partial charge in [0, 0.05) is 18.7 Å². The lowest BCUT2D eigenvalue weighted by Crippen LogP contribution is -2.06. The van der Waals surface area contributed by atoms with Crippen molar-refractivity contribution in [2.24, 2.45) is 0 Å². The van der Waals surface area contributed by atoms with Crippen LogP contribution in [0.15, 0.2) is 28.8 Å². The normalized spacial score (nSPS) is 10.3. The van der Waals surface area contributed by atoms with Crippen molar-refractivity contribution in [3.63, 3.8) is 0 Å². The standard InChI is InChI=1S/C12H13N3O3/c1-8-14-11(18-15-8)5-6-13-10-4-2-3-9(7-10)12(16)17/h2-4,7,13H,5-6H2,1H3,(H,16,17). The van der Waals surface area contributed by atoms with Crippen LogP contribution < -0.4 is 5.32 Å². The van der Waals surface area contributed by atoms with Crippen molar-refractivity contribution >= 4 is 11.7 Å². The van der Waals surface area contributed by atoms with Crippen LogP contribution in [0.2, 0.25) is 0 Å². The van der Waals surface area contributed by atoms with Crippen molar-refractivity contribution in [1.82, 2.24) is 10.1 Å². The van der Waals surface area contributed by atoms with Crippen LogP contribution in [-0.2, 0) is 6.42 Å². The summed E-state index contributed by atoms with van der Waals surface area (Å²) >= 11 is 0. The van der Waals surface area contributed by atoms with Gasteiger partial charge in [-0.1, -0.05) is 11.2 Å². The van der Waals surface area contributed by atoms with Crippen LogP contribution in [0, 0.1) is 6.92 Å². The maximum absolute atomic E-state index is 10.8. The smallest absolute Gasteiger partial charge is 0.335 e. The van der Waals surface area contributed by atoms with E-state index in [0.29, 0.717) is 24.7 Å². The van der Waals surface area contributed by atoms with Crippen molar-refractivity contribution in [1.29, 1.82) is 0 Å². The lowest BCUT2D eigenvalue weighted by molar-refractivity contribution is 0.0697. The Morgan fingerprint density at radius 3 is 3.00 bits per heavy atom. The minimum absolute atomic E-state index is 0.258. The molecule has 0 aliphatic heterocycles. The molecule has 1 heterocycles. The molecule has 0 unspecified atom stereocenters. The fourth-order valence-corrected chi connectivity index (χ4v) is 1.52. The third-order valence-corrected chi connectivity index (χ3v) is 2.35. The predicted molar refractivity (Wildman–Crippen MR) is 64.6 cm³/mol. The number of hydrogen-bond acceptors (Lipinski definition) is 5. The monoisotopic (exact) mass is 247 g/mol. The number of carboxylic acids is 1. The molecule has 6 nitrogen and oxygen atoms in total. The van der Waals surface area contributed by atoms with E-state index in [1.165, 1.54) is 0 Å². The number of aromatic nitrogens is 2. The Balaban J connectivity index is 1.90. The SMILES string of the molecule is Cc1noc(CCNc2cccc(C(=O)O)c2)n1. The molecular weight excluding hydrogens is 234 g/mol. The van der Waals surface area contributed by atoms with E-state index in [4.69, 9.17) is 9.63 Å². The summed E-state index contributed by atoms with van der Waals surface area (Å²) in [5.74, 6) is 0.235. The highest BCUT2D eigenvalue weighted by Gasteiger charge is 2.04. The van der Waals surface area contributed by atoms with Gasteiger partial charge in [0.2, 0.25) is 5.89 Å². The molecule has 0 radical (unpaired) electrons. The molecule has 0 atom stereocenters. The second-order valence-electron chi connectivity index (χ2n) is 3.80. The molecule has 0 saturated heterocycles. The van der Waals surface area contributed by atoms with Crippen LogP contribution in [-0.4, -0.2) is 27.8 Å². The van der Waals surface area contributed by atoms with Gasteiger partial charge in [-0.05, 0) is 25.1 Å². The molecule has 2 rings (SSSR count). The highest BCUT2D eigenvalue weighted by atomic mass is 16.5. The maximum Gasteiger partial charge on any atom is 0.335 e. The highest BCUT2D eigenvalue weighted by Crippen LogP contribution is 2.10. The lowest BCUT2D eigenvalue weighted by Gasteiger charge is -2.05. The van der Waals surface area contributed by atoms with Crippen molar-refractivity contribution in [3.8, 4) is 0 Å². The van der Waals surface area contributed by atoms with Crippen LogP contribution in [0.4, 0.5) is 5.69 Å². The number of nitrogens with one attached hydrogen (secondary N) is 1. The van der Waals surface area contributed by atoms with Gasteiger partial charge in [0.1, 0.15) is 0 Å². The Morgan fingerprint density at radius 1 is 1.50 bits per heavy atom. The number of benzene rings is 1. The van der Waals surface area contributed by atoms with Crippen molar-refractivity contribution in [2.75, 3.05) is 11.9 Å². The van der Waals surface area contributed by atoms with Gasteiger partial charge in [0.05, 0.1) is 5.56 Å². The molecule has 2 N–H and O–H groups in total. The maximum atomic E-state index is 10.8. The van der Waals surface area contributed by atoms with Crippen LogP contribution in [0.5, 0.6) is 0 Å². The van der Waals surface area contributed by atoms with Gasteiger partial charge in [-0.15, -0.1) is 0 Å². The molecule has 0 amide bonds. The van der Waals surface area contributed by atoms with E-state index >= 15 is 0 Å². The van der Waals surface area contributed by atoms with Crippen LogP contribution in [0.3, 0.4) is 0 Å². The summed E-state index contributed by atoms with van der Waals surface area (Å²) in [4.78, 5) is 14.9. The number of rotatable bonds is 5. The summed E-state index contributed by atoms with van der Waals surface area (Å²) in [6.45, 7) is 2.36. The Hall–Kier alpha value is -2.37. The van der Waals surface area contributed by atoms with E-state index in [-0.39, 0.29) is 5.56 Å². The number of hydrogen-bond donors (Lipinski definition) is 2.